The maximum absolute atomic E-state index is 13.0. The van der Waals surface area contributed by atoms with Gasteiger partial charge in [-0.3, -0.25) is 0 Å². The Morgan fingerprint density at radius 3 is 0.883 bits per heavy atom. The molecule has 3 aromatic heterocycles. The van der Waals surface area contributed by atoms with Crippen LogP contribution in [0.15, 0.2) is 92.4 Å². The molecule has 60 heavy (non-hydrogen) atoms. The van der Waals surface area contributed by atoms with Crippen molar-refractivity contribution in [3.63, 3.8) is 0 Å². The maximum atomic E-state index is 13.0. The van der Waals surface area contributed by atoms with Gasteiger partial charge >= 0.3 is 118 Å². The third kappa shape index (κ3) is 8.24. The summed E-state index contributed by atoms with van der Waals surface area (Å²) in [5, 5.41) is -1.56. The summed E-state index contributed by atoms with van der Waals surface area (Å²) in [6.45, 7) is 0. The summed E-state index contributed by atoms with van der Waals surface area (Å²) in [6, 6.07) is 19.6. The second-order valence-electron chi connectivity index (χ2n) is 12.1. The van der Waals surface area contributed by atoms with E-state index in [1.54, 1.807) is 60.7 Å². The standard InChI is InChI=1S/C32H18N8O12S4.4Na/c41-53(42,43)21-19-20(22(54(44,45)46)24(56(50,51)52)23(21)55(47,48)49)32-39-30-18-12-6-4-10-16(18)28(37-30)35-26-14-8-2-1-7-13(14)25(33-26)34-27-15-9-3-5-11-17(15)29(36-27)38-31(19)40-32;;;;/h1-12H,(H,41,42,43)(H,44,45,46)(H,47,48,49)(H,50,51,52)(H2,33,34,35,36,37,38,39,40);;;;/q;4*+1/p-4. The summed E-state index contributed by atoms with van der Waals surface area (Å²) in [7, 11) is -26.0. The van der Waals surface area contributed by atoms with Gasteiger partial charge in [0.15, 0.2) is 23.3 Å². The quantitative estimate of drug-likeness (QED) is 0.122. The molecule has 9 rings (SSSR count). The third-order valence-corrected chi connectivity index (χ3v) is 12.8. The zero-order valence-corrected chi connectivity index (χ0v) is 42.4. The van der Waals surface area contributed by atoms with Crippen LogP contribution in [0.5, 0.6) is 0 Å². The normalized spacial score (nSPS) is 12.3. The van der Waals surface area contributed by atoms with E-state index in [2.05, 4.69) is 29.9 Å². The molecular formula is C32H14N8Na4O12S4. The molecule has 0 amide bonds. The van der Waals surface area contributed by atoms with E-state index in [1.165, 1.54) is 12.1 Å². The van der Waals surface area contributed by atoms with Crippen LogP contribution in [-0.4, -0.2) is 91.8 Å². The average Bonchev–Trinajstić information content (AvgIpc) is 3.84. The van der Waals surface area contributed by atoms with E-state index in [1.807, 2.05) is 0 Å². The van der Waals surface area contributed by atoms with Crippen molar-refractivity contribution in [3.05, 3.63) is 72.8 Å². The Balaban J connectivity index is 0.00000171. The number of aromatic amines is 2. The first-order valence-corrected chi connectivity index (χ1v) is 21.1. The third-order valence-electron chi connectivity index (χ3n) is 8.82. The molecule has 28 heteroatoms. The zero-order valence-electron chi connectivity index (χ0n) is 31.1. The monoisotopic (exact) mass is 922 g/mol. The SMILES string of the molecule is O=S(=O)([O-])c1c(S(=O)(=O)[O-])c(S(=O)(=O)[O-])c2c3nc4nc(nc5[nH]c(nc6nc(nc([nH]3)c2c1S(=O)(=O)[O-])-c1ccccc1-6)c1ccccc51)-c1ccccc1-4.[Na+].[Na+].[Na+].[Na+]. The molecule has 5 heterocycles. The van der Waals surface area contributed by atoms with Gasteiger partial charge in [0.1, 0.15) is 63.1 Å². The molecule has 0 saturated carbocycles. The predicted octanol–water partition coefficient (Wildman–Crippen LogP) is -9.50. The Bertz CT molecular complexity index is 3400. The van der Waals surface area contributed by atoms with Crippen molar-refractivity contribution in [1.29, 1.82) is 0 Å². The van der Waals surface area contributed by atoms with Crippen molar-refractivity contribution in [3.8, 4) is 45.6 Å². The van der Waals surface area contributed by atoms with Crippen LogP contribution in [0.3, 0.4) is 0 Å². The molecule has 8 bridgehead atoms. The van der Waals surface area contributed by atoms with E-state index in [9.17, 15) is 51.9 Å². The van der Waals surface area contributed by atoms with Gasteiger partial charge in [-0.2, -0.15) is 0 Å². The van der Waals surface area contributed by atoms with Crippen LogP contribution < -0.4 is 118 Å². The molecule has 0 fully saturated rings. The number of benzene rings is 4. The fraction of sp³-hybridized carbons (Fsp3) is 0. The van der Waals surface area contributed by atoms with Crippen molar-refractivity contribution >= 4 is 84.6 Å². The van der Waals surface area contributed by atoms with Crippen LogP contribution in [0.1, 0.15) is 0 Å². The first kappa shape index (κ1) is 48.9. The topological polar surface area (TPSA) is 338 Å². The molecule has 0 spiro atoms. The summed E-state index contributed by atoms with van der Waals surface area (Å²) in [5.41, 5.74) is -0.283. The first-order valence-electron chi connectivity index (χ1n) is 15.5. The molecule has 20 nitrogen and oxygen atoms in total. The molecule has 2 aliphatic heterocycles. The van der Waals surface area contributed by atoms with Crippen LogP contribution in [0.25, 0.3) is 89.7 Å². The molecule has 0 unspecified atom stereocenters. The minimum atomic E-state index is -6.60. The van der Waals surface area contributed by atoms with Gasteiger partial charge in [-0.25, -0.2) is 63.6 Å². The molecule has 0 aliphatic carbocycles. The number of hydrogen-bond donors (Lipinski definition) is 2. The van der Waals surface area contributed by atoms with E-state index in [0.29, 0.717) is 21.9 Å². The van der Waals surface area contributed by atoms with Crippen molar-refractivity contribution < 1.29 is 170 Å². The number of rotatable bonds is 4. The number of H-pyrrole nitrogens is 2. The van der Waals surface area contributed by atoms with Crippen molar-refractivity contribution in [1.82, 2.24) is 39.9 Å². The molecule has 4 aromatic carbocycles. The Kier molecular flexibility index (Phi) is 13.9. The second kappa shape index (κ2) is 17.1. The Hall–Kier alpha value is -2.12. The first-order chi connectivity index (χ1) is 26.3. The number of nitrogens with one attached hydrogen (secondary N) is 2. The van der Waals surface area contributed by atoms with Gasteiger partial charge in [-0.15, -0.1) is 0 Å². The summed E-state index contributed by atoms with van der Waals surface area (Å²) >= 11 is 0. The van der Waals surface area contributed by atoms with Crippen LogP contribution in [0, 0.1) is 0 Å². The van der Waals surface area contributed by atoms with E-state index in [0.717, 1.165) is 0 Å². The van der Waals surface area contributed by atoms with Gasteiger partial charge in [-0.05, 0) is 0 Å². The van der Waals surface area contributed by atoms with Crippen LogP contribution in [0.2, 0.25) is 0 Å². The smallest absolute Gasteiger partial charge is 0.744 e. The molecule has 2 N–H and O–H groups in total. The van der Waals surface area contributed by atoms with E-state index < -0.39 is 82.1 Å². The molecule has 2 aliphatic rings. The maximum Gasteiger partial charge on any atom is 1.00 e. The molecule has 7 aromatic rings. The van der Waals surface area contributed by atoms with Crippen molar-refractivity contribution in [2.75, 3.05) is 0 Å². The summed E-state index contributed by atoms with van der Waals surface area (Å²) in [4.78, 5) is 23.0. The zero-order chi connectivity index (χ0) is 39.7. The Labute approximate surface area is 426 Å². The molecule has 0 atom stereocenters. The number of nitrogens with zero attached hydrogens (tertiary/aromatic N) is 6. The van der Waals surface area contributed by atoms with Crippen molar-refractivity contribution in [2.24, 2.45) is 0 Å². The molecular weight excluding hydrogens is 909 g/mol. The van der Waals surface area contributed by atoms with Gasteiger partial charge in [0, 0.05) is 43.8 Å². The molecule has 0 radical (unpaired) electrons. The number of aromatic nitrogens is 8. The van der Waals surface area contributed by atoms with Gasteiger partial charge in [0.05, 0.1) is 19.6 Å². The van der Waals surface area contributed by atoms with E-state index in [-0.39, 0.29) is 164 Å². The number of fused-ring (bicyclic) bond motifs is 20. The number of hydrogen-bond acceptors (Lipinski definition) is 18. The van der Waals surface area contributed by atoms with Gasteiger partial charge in [0.25, 0.3) is 0 Å². The Morgan fingerprint density at radius 1 is 0.350 bits per heavy atom. The fourth-order valence-corrected chi connectivity index (χ4v) is 11.6. The van der Waals surface area contributed by atoms with Gasteiger partial charge in [-0.1, -0.05) is 72.8 Å². The van der Waals surface area contributed by atoms with Gasteiger partial charge < -0.3 is 28.2 Å². The van der Waals surface area contributed by atoms with Crippen LogP contribution >= 0.6 is 0 Å². The van der Waals surface area contributed by atoms with Crippen molar-refractivity contribution in [2.45, 2.75) is 19.6 Å². The van der Waals surface area contributed by atoms with E-state index in [4.69, 9.17) is 9.97 Å². The predicted molar refractivity (Wildman–Crippen MR) is 188 cm³/mol. The molecule has 282 valence electrons. The largest absolute Gasteiger partial charge is 1.00 e. The van der Waals surface area contributed by atoms with Crippen LogP contribution in [-0.2, 0) is 40.5 Å². The average molecular weight is 923 g/mol. The minimum absolute atomic E-state index is 0. The minimum Gasteiger partial charge on any atom is -0.744 e. The summed E-state index contributed by atoms with van der Waals surface area (Å²) < 4.78 is 154. The Morgan fingerprint density at radius 2 is 0.600 bits per heavy atom. The summed E-state index contributed by atoms with van der Waals surface area (Å²) in [6.07, 6.45) is 0. The fourth-order valence-electron chi connectivity index (χ4n) is 6.72. The second-order valence-corrected chi connectivity index (χ2v) is 17.4. The van der Waals surface area contributed by atoms with Crippen LogP contribution in [0.4, 0.5) is 0 Å². The summed E-state index contributed by atoms with van der Waals surface area (Å²) in [5.74, 6) is -0.637. The molecule has 0 saturated heterocycles. The van der Waals surface area contributed by atoms with Gasteiger partial charge in [0.2, 0.25) is 0 Å². The van der Waals surface area contributed by atoms with E-state index >= 15 is 0 Å².